The minimum Gasteiger partial charge on any atom is -0.205 e. The van der Waals surface area contributed by atoms with E-state index in [-0.39, 0.29) is 10.7 Å². The Morgan fingerprint density at radius 3 is 2.64 bits per heavy atom. The van der Waals surface area contributed by atoms with Crippen LogP contribution >= 0.6 is 11.6 Å². The predicted octanol–water partition coefficient (Wildman–Crippen LogP) is 1.28. The fourth-order valence-corrected chi connectivity index (χ4v) is 0.887. The van der Waals surface area contributed by atoms with Crippen LogP contribution in [0, 0.1) is 0 Å². The van der Waals surface area contributed by atoms with Crippen LogP contribution in [0.4, 0.5) is 8.78 Å². The number of aromatic nitrogens is 1. The molecule has 1 heterocycles. The molecule has 1 aromatic rings. The van der Waals surface area contributed by atoms with Gasteiger partial charge in [0, 0.05) is 6.07 Å². The predicted molar refractivity (Wildman–Crippen MR) is 36.8 cm³/mol. The molecule has 0 saturated heterocycles. The molecule has 0 aromatic carbocycles. The van der Waals surface area contributed by atoms with Gasteiger partial charge in [0.15, 0.2) is 0 Å². The van der Waals surface area contributed by atoms with Crippen LogP contribution in [0.15, 0.2) is 18.3 Å². The highest BCUT2D eigenvalue weighted by atomic mass is 35.5. The van der Waals surface area contributed by atoms with Crippen LogP contribution in [0.1, 0.15) is 12.0 Å². The van der Waals surface area contributed by atoms with Crippen molar-refractivity contribution in [3.63, 3.8) is 0 Å². The summed E-state index contributed by atoms with van der Waals surface area (Å²) in [5.74, 6) is 5.21. The zero-order valence-corrected chi connectivity index (χ0v) is 6.22. The molecule has 0 amide bonds. The highest BCUT2D eigenvalue weighted by Crippen LogP contribution is 2.22. The van der Waals surface area contributed by atoms with Gasteiger partial charge in [0.1, 0.15) is 5.56 Å². The second-order valence-electron chi connectivity index (χ2n) is 1.96. The maximum Gasteiger partial charge on any atom is 0.312 e. The van der Waals surface area contributed by atoms with E-state index in [1.807, 2.05) is 0 Å². The summed E-state index contributed by atoms with van der Waals surface area (Å²) in [5, 5.41) is -0.137. The van der Waals surface area contributed by atoms with E-state index in [0.29, 0.717) is 0 Å². The molecular formula is C6H6ClF2N2+. The normalized spacial score (nSPS) is 10.5. The van der Waals surface area contributed by atoms with Crippen molar-refractivity contribution in [3.05, 3.63) is 29.0 Å². The summed E-state index contributed by atoms with van der Waals surface area (Å²) in [6.07, 6.45) is -1.19. The molecule has 0 saturated carbocycles. The zero-order chi connectivity index (χ0) is 8.43. The third kappa shape index (κ3) is 1.57. The van der Waals surface area contributed by atoms with Crippen LogP contribution in [0.5, 0.6) is 0 Å². The van der Waals surface area contributed by atoms with Gasteiger partial charge in [-0.3, -0.25) is 0 Å². The first-order valence-corrected chi connectivity index (χ1v) is 3.24. The van der Waals surface area contributed by atoms with Gasteiger partial charge in [-0.15, -0.1) is 0 Å². The van der Waals surface area contributed by atoms with E-state index < -0.39 is 6.43 Å². The molecule has 0 bridgehead atoms. The number of halogens is 3. The molecule has 0 atom stereocenters. The molecule has 0 aliphatic carbocycles. The average molecular weight is 180 g/mol. The minimum absolute atomic E-state index is 0.137. The van der Waals surface area contributed by atoms with E-state index in [2.05, 4.69) is 0 Å². The van der Waals surface area contributed by atoms with Gasteiger partial charge in [0.05, 0.1) is 0 Å². The van der Waals surface area contributed by atoms with E-state index in [1.165, 1.54) is 18.3 Å². The lowest BCUT2D eigenvalue weighted by molar-refractivity contribution is -0.637. The SMILES string of the molecule is N[n+]1cccc(C(F)F)c1Cl. The highest BCUT2D eigenvalue weighted by Gasteiger charge is 2.18. The van der Waals surface area contributed by atoms with E-state index in [4.69, 9.17) is 17.4 Å². The molecular weight excluding hydrogens is 174 g/mol. The van der Waals surface area contributed by atoms with Crippen molar-refractivity contribution in [1.29, 1.82) is 0 Å². The second kappa shape index (κ2) is 3.00. The van der Waals surface area contributed by atoms with Gasteiger partial charge < -0.3 is 0 Å². The summed E-state index contributed by atoms with van der Waals surface area (Å²) in [6.45, 7) is 0. The van der Waals surface area contributed by atoms with Crippen molar-refractivity contribution in [2.24, 2.45) is 0 Å². The van der Waals surface area contributed by atoms with Crippen molar-refractivity contribution in [3.8, 4) is 0 Å². The van der Waals surface area contributed by atoms with E-state index in [0.717, 1.165) is 4.68 Å². The van der Waals surface area contributed by atoms with Crippen LogP contribution < -0.4 is 10.5 Å². The third-order valence-electron chi connectivity index (χ3n) is 1.22. The van der Waals surface area contributed by atoms with E-state index in [1.54, 1.807) is 0 Å². The molecule has 60 valence electrons. The van der Waals surface area contributed by atoms with Gasteiger partial charge in [-0.25, -0.2) is 14.6 Å². The summed E-state index contributed by atoms with van der Waals surface area (Å²) in [5.41, 5.74) is -0.253. The van der Waals surface area contributed by atoms with Gasteiger partial charge in [-0.1, -0.05) is 4.68 Å². The lowest BCUT2D eigenvalue weighted by atomic mass is 10.3. The molecule has 0 radical (unpaired) electrons. The number of rotatable bonds is 1. The second-order valence-corrected chi connectivity index (χ2v) is 2.32. The van der Waals surface area contributed by atoms with Crippen molar-refractivity contribution in [1.82, 2.24) is 0 Å². The smallest absolute Gasteiger partial charge is 0.205 e. The number of pyridine rings is 1. The number of nitrogens with two attached hydrogens (primary N) is 1. The monoisotopic (exact) mass is 179 g/mol. The zero-order valence-electron chi connectivity index (χ0n) is 5.47. The molecule has 11 heavy (non-hydrogen) atoms. The Hall–Kier alpha value is -0.900. The van der Waals surface area contributed by atoms with Gasteiger partial charge in [-0.2, -0.15) is 0 Å². The molecule has 2 N–H and O–H groups in total. The summed E-state index contributed by atoms with van der Waals surface area (Å²) in [6, 6.07) is 2.64. The van der Waals surface area contributed by atoms with Crippen molar-refractivity contribution < 1.29 is 13.5 Å². The van der Waals surface area contributed by atoms with Crippen LogP contribution in [0.3, 0.4) is 0 Å². The Labute approximate surface area is 67.2 Å². The number of nitrogens with zero attached hydrogens (tertiary/aromatic N) is 1. The maximum atomic E-state index is 12.1. The van der Waals surface area contributed by atoms with Crippen molar-refractivity contribution in [2.75, 3.05) is 5.84 Å². The summed E-state index contributed by atoms with van der Waals surface area (Å²) < 4.78 is 25.1. The Bertz CT molecular complexity index is 265. The molecule has 2 nitrogen and oxygen atoms in total. The van der Waals surface area contributed by atoms with Gasteiger partial charge in [-0.05, 0) is 17.7 Å². The standard InChI is InChI=1S/C6H6ClF2N2/c7-5-4(6(8)9)2-1-3-11(5)10/h1-3,6H,10H2/q+1. The van der Waals surface area contributed by atoms with E-state index >= 15 is 0 Å². The van der Waals surface area contributed by atoms with Gasteiger partial charge in [0.2, 0.25) is 6.20 Å². The fourth-order valence-electron chi connectivity index (χ4n) is 0.685. The first kappa shape index (κ1) is 8.20. The van der Waals surface area contributed by atoms with Gasteiger partial charge in [0.25, 0.3) is 6.43 Å². The summed E-state index contributed by atoms with van der Waals surface area (Å²) in [7, 11) is 0. The molecule has 0 unspecified atom stereocenters. The minimum atomic E-state index is -2.58. The summed E-state index contributed by atoms with van der Waals surface area (Å²) in [4.78, 5) is 0. The van der Waals surface area contributed by atoms with Crippen LogP contribution in [0.2, 0.25) is 5.15 Å². The number of hydrogen-bond donors (Lipinski definition) is 1. The lowest BCUT2D eigenvalue weighted by Gasteiger charge is -1.97. The molecule has 1 rings (SSSR count). The first-order chi connectivity index (χ1) is 5.13. The maximum absolute atomic E-state index is 12.1. The Morgan fingerprint density at radius 1 is 1.55 bits per heavy atom. The van der Waals surface area contributed by atoms with Gasteiger partial charge >= 0.3 is 5.15 Å². The topological polar surface area (TPSA) is 29.9 Å². The van der Waals surface area contributed by atoms with Crippen molar-refractivity contribution >= 4 is 11.6 Å². The Balaban J connectivity index is 3.17. The highest BCUT2D eigenvalue weighted by molar-refractivity contribution is 6.29. The molecule has 0 aliphatic heterocycles. The molecule has 5 heteroatoms. The molecule has 0 aliphatic rings. The molecule has 1 aromatic heterocycles. The quantitative estimate of drug-likeness (QED) is 0.393. The van der Waals surface area contributed by atoms with Crippen LogP contribution in [-0.4, -0.2) is 0 Å². The Kier molecular flexibility index (Phi) is 2.24. The largest absolute Gasteiger partial charge is 0.312 e. The average Bonchev–Trinajstić information content (AvgIpc) is 1.94. The first-order valence-electron chi connectivity index (χ1n) is 2.86. The van der Waals surface area contributed by atoms with Crippen molar-refractivity contribution in [2.45, 2.75) is 6.43 Å². The molecule has 0 spiro atoms. The van der Waals surface area contributed by atoms with Crippen LogP contribution in [0.25, 0.3) is 0 Å². The summed E-state index contributed by atoms with van der Waals surface area (Å²) >= 11 is 5.45. The number of hydrogen-bond acceptors (Lipinski definition) is 1. The number of alkyl halides is 2. The lowest BCUT2D eigenvalue weighted by Crippen LogP contribution is -2.45. The van der Waals surface area contributed by atoms with Crippen LogP contribution in [-0.2, 0) is 0 Å². The number of nitrogen functional groups attached to an aromatic ring is 1. The van der Waals surface area contributed by atoms with E-state index in [9.17, 15) is 8.78 Å². The fraction of sp³-hybridized carbons (Fsp3) is 0.167. The molecule has 0 fully saturated rings. The Morgan fingerprint density at radius 2 is 2.18 bits per heavy atom. The third-order valence-corrected chi connectivity index (χ3v) is 1.64.